The quantitative estimate of drug-likeness (QED) is 0.848. The van der Waals surface area contributed by atoms with E-state index in [1.807, 2.05) is 44.2 Å². The molecule has 1 saturated heterocycles. The minimum absolute atomic E-state index is 0.0865. The van der Waals surface area contributed by atoms with E-state index in [2.05, 4.69) is 4.99 Å². The molecular weight excluding hydrogens is 320 g/mol. The molecule has 122 valence electrons. The topological polar surface area (TPSA) is 52.9 Å². The molecule has 0 aromatic heterocycles. The standard InChI is InChI=1S/C19H18N2O2S/c1-3-21-18(23)17(12-14-6-4-5-7-16(14)22)24-19(21)20-15-10-8-13(2)9-11-15/h4-12,22H,3H2,1-2H3. The van der Waals surface area contributed by atoms with E-state index in [-0.39, 0.29) is 11.7 Å². The van der Waals surface area contributed by atoms with Crippen molar-refractivity contribution in [1.82, 2.24) is 4.90 Å². The predicted molar refractivity (Wildman–Crippen MR) is 99.3 cm³/mol. The lowest BCUT2D eigenvalue weighted by molar-refractivity contribution is -0.122. The molecule has 1 heterocycles. The number of phenols is 1. The highest BCUT2D eigenvalue weighted by molar-refractivity contribution is 8.18. The van der Waals surface area contributed by atoms with Crippen molar-refractivity contribution in [2.24, 2.45) is 4.99 Å². The average Bonchev–Trinajstić information content (AvgIpc) is 2.87. The predicted octanol–water partition coefficient (Wildman–Crippen LogP) is 4.32. The van der Waals surface area contributed by atoms with Gasteiger partial charge in [-0.1, -0.05) is 35.9 Å². The number of carbonyl (C=O) groups is 1. The van der Waals surface area contributed by atoms with Gasteiger partial charge in [-0.3, -0.25) is 9.69 Å². The molecule has 1 fully saturated rings. The molecule has 4 nitrogen and oxygen atoms in total. The van der Waals surface area contributed by atoms with E-state index in [1.165, 1.54) is 17.3 Å². The molecule has 0 unspecified atom stereocenters. The van der Waals surface area contributed by atoms with E-state index in [9.17, 15) is 9.90 Å². The summed E-state index contributed by atoms with van der Waals surface area (Å²) in [5.74, 6) is 0.0713. The number of carbonyl (C=O) groups excluding carboxylic acids is 1. The van der Waals surface area contributed by atoms with Gasteiger partial charge in [-0.05, 0) is 49.9 Å². The van der Waals surface area contributed by atoms with Crippen molar-refractivity contribution >= 4 is 34.6 Å². The van der Waals surface area contributed by atoms with Crippen LogP contribution in [0.2, 0.25) is 0 Å². The Kier molecular flexibility index (Phi) is 4.71. The summed E-state index contributed by atoms with van der Waals surface area (Å²) in [7, 11) is 0. The summed E-state index contributed by atoms with van der Waals surface area (Å²) in [6, 6.07) is 14.8. The fourth-order valence-electron chi connectivity index (χ4n) is 2.35. The van der Waals surface area contributed by atoms with Crippen LogP contribution in [-0.4, -0.2) is 27.6 Å². The zero-order valence-electron chi connectivity index (χ0n) is 13.6. The molecule has 2 aromatic rings. The fraction of sp³-hybridized carbons (Fsp3) is 0.158. The Labute approximate surface area is 145 Å². The number of amides is 1. The Morgan fingerprint density at radius 1 is 1.17 bits per heavy atom. The number of amidine groups is 1. The molecule has 1 aliphatic heterocycles. The summed E-state index contributed by atoms with van der Waals surface area (Å²) in [5, 5.41) is 10.6. The number of phenolic OH excluding ortho intramolecular Hbond substituents is 1. The van der Waals surface area contributed by atoms with E-state index in [4.69, 9.17) is 0 Å². The molecule has 0 saturated carbocycles. The molecule has 0 aliphatic carbocycles. The monoisotopic (exact) mass is 338 g/mol. The van der Waals surface area contributed by atoms with E-state index < -0.39 is 0 Å². The minimum Gasteiger partial charge on any atom is -0.507 e. The van der Waals surface area contributed by atoms with Crippen molar-refractivity contribution in [1.29, 1.82) is 0 Å². The zero-order valence-corrected chi connectivity index (χ0v) is 14.4. The van der Waals surface area contributed by atoms with Gasteiger partial charge in [0.25, 0.3) is 5.91 Å². The van der Waals surface area contributed by atoms with Crippen LogP contribution >= 0.6 is 11.8 Å². The van der Waals surface area contributed by atoms with Crippen LogP contribution in [0.1, 0.15) is 18.1 Å². The smallest absolute Gasteiger partial charge is 0.266 e. The molecule has 0 bridgehead atoms. The molecule has 1 aliphatic rings. The lowest BCUT2D eigenvalue weighted by Crippen LogP contribution is -2.28. The Balaban J connectivity index is 1.94. The Bertz CT molecular complexity index is 826. The second kappa shape index (κ2) is 6.93. The van der Waals surface area contributed by atoms with Crippen molar-refractivity contribution < 1.29 is 9.90 Å². The number of likely N-dealkylation sites (N-methyl/N-ethyl adjacent to an activating group) is 1. The number of para-hydroxylation sites is 1. The maximum atomic E-state index is 12.6. The summed E-state index contributed by atoms with van der Waals surface area (Å²) >= 11 is 1.33. The molecule has 0 atom stereocenters. The fourth-order valence-corrected chi connectivity index (χ4v) is 3.40. The van der Waals surface area contributed by atoms with Crippen molar-refractivity contribution in [3.63, 3.8) is 0 Å². The van der Waals surface area contributed by atoms with Crippen LogP contribution in [0.15, 0.2) is 58.4 Å². The first kappa shape index (κ1) is 16.3. The largest absolute Gasteiger partial charge is 0.507 e. The van der Waals surface area contributed by atoms with Gasteiger partial charge in [0.2, 0.25) is 0 Å². The van der Waals surface area contributed by atoms with Crippen LogP contribution in [-0.2, 0) is 4.79 Å². The Hall–Kier alpha value is -2.53. The van der Waals surface area contributed by atoms with Gasteiger partial charge in [0, 0.05) is 12.1 Å². The summed E-state index contributed by atoms with van der Waals surface area (Å²) in [6.45, 7) is 4.50. The average molecular weight is 338 g/mol. The maximum Gasteiger partial charge on any atom is 0.266 e. The number of aromatic hydroxyl groups is 1. The van der Waals surface area contributed by atoms with E-state index in [0.717, 1.165) is 5.69 Å². The van der Waals surface area contributed by atoms with Gasteiger partial charge in [-0.25, -0.2) is 4.99 Å². The minimum atomic E-state index is -0.0865. The first-order valence-corrected chi connectivity index (χ1v) is 8.55. The number of thioether (sulfide) groups is 1. The summed E-state index contributed by atoms with van der Waals surface area (Å²) in [5.41, 5.74) is 2.61. The van der Waals surface area contributed by atoms with Crippen molar-refractivity contribution in [2.45, 2.75) is 13.8 Å². The van der Waals surface area contributed by atoms with Gasteiger partial charge < -0.3 is 5.11 Å². The number of nitrogens with zero attached hydrogens (tertiary/aromatic N) is 2. The van der Waals surface area contributed by atoms with E-state index >= 15 is 0 Å². The third kappa shape index (κ3) is 3.36. The van der Waals surface area contributed by atoms with Gasteiger partial charge >= 0.3 is 0 Å². The van der Waals surface area contributed by atoms with Crippen LogP contribution in [0.5, 0.6) is 5.75 Å². The van der Waals surface area contributed by atoms with Crippen LogP contribution in [0, 0.1) is 6.92 Å². The first-order valence-electron chi connectivity index (χ1n) is 7.73. The molecule has 0 spiro atoms. The second-order valence-electron chi connectivity index (χ2n) is 5.45. The molecular formula is C19H18N2O2S. The lowest BCUT2D eigenvalue weighted by atomic mass is 10.2. The molecule has 1 amide bonds. The second-order valence-corrected chi connectivity index (χ2v) is 6.46. The third-order valence-electron chi connectivity index (χ3n) is 3.69. The highest BCUT2D eigenvalue weighted by Gasteiger charge is 2.32. The Morgan fingerprint density at radius 3 is 2.54 bits per heavy atom. The van der Waals surface area contributed by atoms with E-state index in [1.54, 1.807) is 29.2 Å². The molecule has 5 heteroatoms. The summed E-state index contributed by atoms with van der Waals surface area (Å²) in [6.07, 6.45) is 1.71. The van der Waals surface area contributed by atoms with Crippen LogP contribution in [0.4, 0.5) is 5.69 Å². The number of benzene rings is 2. The number of aryl methyl sites for hydroxylation is 1. The molecule has 24 heavy (non-hydrogen) atoms. The van der Waals surface area contributed by atoms with Crippen LogP contribution in [0.3, 0.4) is 0 Å². The van der Waals surface area contributed by atoms with Crippen LogP contribution in [0.25, 0.3) is 6.08 Å². The normalized spacial score (nSPS) is 17.9. The van der Waals surface area contributed by atoms with Gasteiger partial charge in [0.05, 0.1) is 10.6 Å². The number of hydrogen-bond acceptors (Lipinski definition) is 4. The third-order valence-corrected chi connectivity index (χ3v) is 4.69. The van der Waals surface area contributed by atoms with Crippen molar-refractivity contribution in [3.8, 4) is 5.75 Å². The summed E-state index contributed by atoms with van der Waals surface area (Å²) in [4.78, 5) is 19.4. The van der Waals surface area contributed by atoms with E-state index in [0.29, 0.717) is 22.2 Å². The zero-order chi connectivity index (χ0) is 17.1. The summed E-state index contributed by atoms with van der Waals surface area (Å²) < 4.78 is 0. The highest BCUT2D eigenvalue weighted by Crippen LogP contribution is 2.35. The van der Waals surface area contributed by atoms with Crippen LogP contribution < -0.4 is 0 Å². The lowest BCUT2D eigenvalue weighted by Gasteiger charge is -2.12. The number of aliphatic imine (C=N–C) groups is 1. The highest BCUT2D eigenvalue weighted by atomic mass is 32.2. The van der Waals surface area contributed by atoms with Crippen molar-refractivity contribution in [3.05, 3.63) is 64.6 Å². The molecule has 0 radical (unpaired) electrons. The molecule has 2 aromatic carbocycles. The maximum absolute atomic E-state index is 12.6. The first-order chi connectivity index (χ1) is 11.6. The molecule has 1 N–H and O–H groups in total. The number of hydrogen-bond donors (Lipinski definition) is 1. The van der Waals surface area contributed by atoms with Gasteiger partial charge in [0.1, 0.15) is 5.75 Å². The van der Waals surface area contributed by atoms with Gasteiger partial charge in [0.15, 0.2) is 5.17 Å². The molecule has 3 rings (SSSR count). The van der Waals surface area contributed by atoms with Gasteiger partial charge in [-0.15, -0.1) is 0 Å². The van der Waals surface area contributed by atoms with Crippen molar-refractivity contribution in [2.75, 3.05) is 6.54 Å². The Morgan fingerprint density at radius 2 is 1.88 bits per heavy atom. The number of rotatable bonds is 3. The van der Waals surface area contributed by atoms with Gasteiger partial charge in [-0.2, -0.15) is 0 Å². The SMILES string of the molecule is CCN1C(=O)C(=Cc2ccccc2O)SC1=Nc1ccc(C)cc1.